The third-order valence-corrected chi connectivity index (χ3v) is 4.23. The van der Waals surface area contributed by atoms with Crippen molar-refractivity contribution in [2.24, 2.45) is 11.8 Å². The summed E-state index contributed by atoms with van der Waals surface area (Å²) in [6, 6.07) is 0. The topological polar surface area (TPSA) is 29.9 Å². The molecule has 0 radical (unpaired) electrons. The maximum Gasteiger partial charge on any atom is 0.203 e. The molecule has 16 heavy (non-hydrogen) atoms. The normalized spacial score (nSPS) is 28.4. The Morgan fingerprint density at radius 1 is 1.38 bits per heavy atom. The first-order valence-electron chi connectivity index (χ1n) is 6.55. The van der Waals surface area contributed by atoms with Crippen LogP contribution in [0.4, 0.5) is 5.95 Å². The van der Waals surface area contributed by atoms with Crippen LogP contribution in [0, 0.1) is 11.8 Å². The van der Waals surface area contributed by atoms with Crippen LogP contribution in [0.15, 0.2) is 6.20 Å². The average molecular weight is 219 g/mol. The highest BCUT2D eigenvalue weighted by Crippen LogP contribution is 2.36. The monoisotopic (exact) mass is 219 g/mol. The van der Waals surface area contributed by atoms with E-state index in [0.29, 0.717) is 5.92 Å². The van der Waals surface area contributed by atoms with Gasteiger partial charge in [0.15, 0.2) is 0 Å². The number of nitrogens with zero attached hydrogens (tertiary/aromatic N) is 2. The fourth-order valence-corrected chi connectivity index (χ4v) is 3.26. The Morgan fingerprint density at radius 2 is 2.19 bits per heavy atom. The molecule has 0 amide bonds. The molecule has 1 aliphatic carbocycles. The van der Waals surface area contributed by atoms with E-state index in [-0.39, 0.29) is 0 Å². The number of anilines is 1. The van der Waals surface area contributed by atoms with E-state index < -0.39 is 0 Å². The lowest BCUT2D eigenvalue weighted by atomic mass is 9.96. The highest BCUT2D eigenvalue weighted by Gasteiger charge is 2.31. The van der Waals surface area contributed by atoms with Crippen molar-refractivity contribution in [2.75, 3.05) is 11.9 Å². The van der Waals surface area contributed by atoms with E-state index in [2.05, 4.69) is 28.7 Å². The van der Waals surface area contributed by atoms with Crippen molar-refractivity contribution in [3.63, 3.8) is 0 Å². The second-order valence-electron chi connectivity index (χ2n) is 5.60. The fraction of sp³-hybridized carbons (Fsp3) is 0.769. The smallest absolute Gasteiger partial charge is 0.203 e. The molecule has 3 rings (SSSR count). The molecule has 0 aromatic carbocycles. The summed E-state index contributed by atoms with van der Waals surface area (Å²) in [7, 11) is 0. The summed E-state index contributed by atoms with van der Waals surface area (Å²) < 4.78 is 2.42. The molecule has 1 N–H and O–H groups in total. The fourth-order valence-electron chi connectivity index (χ4n) is 3.26. The quantitative estimate of drug-likeness (QED) is 0.787. The lowest BCUT2D eigenvalue weighted by Crippen LogP contribution is -2.17. The van der Waals surface area contributed by atoms with Crippen molar-refractivity contribution < 1.29 is 0 Å². The maximum atomic E-state index is 4.52. The minimum Gasteiger partial charge on any atom is -0.355 e. The first-order chi connectivity index (χ1) is 7.75. The minimum absolute atomic E-state index is 0.570. The van der Waals surface area contributed by atoms with Gasteiger partial charge in [0.25, 0.3) is 0 Å². The number of hydrogen-bond acceptors (Lipinski definition) is 2. The highest BCUT2D eigenvalue weighted by molar-refractivity contribution is 5.32. The Hall–Kier alpha value is -0.990. The van der Waals surface area contributed by atoms with Crippen molar-refractivity contribution in [3.8, 4) is 0 Å². The molecule has 88 valence electrons. The van der Waals surface area contributed by atoms with Crippen LogP contribution in [-0.2, 0) is 6.54 Å². The maximum absolute atomic E-state index is 4.52. The van der Waals surface area contributed by atoms with Gasteiger partial charge in [0.2, 0.25) is 5.95 Å². The second-order valence-corrected chi connectivity index (χ2v) is 5.60. The molecule has 1 saturated carbocycles. The Bertz CT molecular complexity index is 381. The van der Waals surface area contributed by atoms with Gasteiger partial charge in [-0.1, -0.05) is 20.3 Å². The van der Waals surface area contributed by atoms with E-state index in [0.717, 1.165) is 24.3 Å². The zero-order valence-corrected chi connectivity index (χ0v) is 10.2. The zero-order chi connectivity index (χ0) is 11.1. The number of rotatable bonds is 1. The molecule has 2 heterocycles. The van der Waals surface area contributed by atoms with Gasteiger partial charge in [-0.3, -0.25) is 0 Å². The van der Waals surface area contributed by atoms with Crippen molar-refractivity contribution in [1.82, 2.24) is 9.55 Å². The van der Waals surface area contributed by atoms with Crippen LogP contribution in [-0.4, -0.2) is 16.1 Å². The van der Waals surface area contributed by atoms with Crippen LogP contribution in [0.3, 0.4) is 0 Å². The second kappa shape index (κ2) is 3.79. The van der Waals surface area contributed by atoms with Gasteiger partial charge in [-0.05, 0) is 30.6 Å². The molecule has 2 atom stereocenters. The van der Waals surface area contributed by atoms with E-state index >= 15 is 0 Å². The molecule has 0 bridgehead atoms. The molecule has 3 nitrogen and oxygen atoms in total. The number of fused-ring (bicyclic) bond motifs is 2. The molecule has 0 spiro atoms. The van der Waals surface area contributed by atoms with Crippen LogP contribution in [0.1, 0.15) is 44.7 Å². The Balaban J connectivity index is 1.93. The molecule has 3 heteroatoms. The van der Waals surface area contributed by atoms with Gasteiger partial charge in [-0.2, -0.15) is 0 Å². The third kappa shape index (κ3) is 1.53. The molecule has 1 fully saturated rings. The minimum atomic E-state index is 0.570. The lowest BCUT2D eigenvalue weighted by molar-refractivity contribution is 0.364. The summed E-state index contributed by atoms with van der Waals surface area (Å²) in [6.07, 6.45) is 6.27. The first kappa shape index (κ1) is 10.2. The summed E-state index contributed by atoms with van der Waals surface area (Å²) in [6.45, 7) is 6.81. The van der Waals surface area contributed by atoms with Gasteiger partial charge in [0.05, 0.1) is 6.20 Å². The Kier molecular flexibility index (Phi) is 2.41. The van der Waals surface area contributed by atoms with Crippen LogP contribution >= 0.6 is 0 Å². The first-order valence-corrected chi connectivity index (χ1v) is 6.55. The zero-order valence-electron chi connectivity index (χ0n) is 10.2. The summed E-state index contributed by atoms with van der Waals surface area (Å²) in [5.74, 6) is 3.42. The lowest BCUT2D eigenvalue weighted by Gasteiger charge is -2.17. The van der Waals surface area contributed by atoms with Crippen molar-refractivity contribution >= 4 is 5.95 Å². The van der Waals surface area contributed by atoms with Crippen molar-refractivity contribution in [2.45, 2.75) is 45.6 Å². The molecule has 0 saturated heterocycles. The summed E-state index contributed by atoms with van der Waals surface area (Å²) in [5.41, 5.74) is 1.38. The highest BCUT2D eigenvalue weighted by atomic mass is 15.2. The van der Waals surface area contributed by atoms with Crippen molar-refractivity contribution in [3.05, 3.63) is 11.9 Å². The number of imidazole rings is 1. The molecular formula is C13H21N3. The van der Waals surface area contributed by atoms with Gasteiger partial charge in [-0.15, -0.1) is 0 Å². The van der Waals surface area contributed by atoms with Gasteiger partial charge < -0.3 is 9.88 Å². The number of hydrogen-bond donors (Lipinski definition) is 1. The van der Waals surface area contributed by atoms with E-state index in [1.807, 2.05) is 6.20 Å². The van der Waals surface area contributed by atoms with Crippen LogP contribution in [0.5, 0.6) is 0 Å². The van der Waals surface area contributed by atoms with Crippen LogP contribution < -0.4 is 5.32 Å². The Morgan fingerprint density at radius 3 is 3.00 bits per heavy atom. The van der Waals surface area contributed by atoms with Gasteiger partial charge in [0.1, 0.15) is 0 Å². The molecular weight excluding hydrogens is 198 g/mol. The molecule has 2 unspecified atom stereocenters. The SMILES string of the molecule is CC(C)c1cnc2n1CC1CCCC1CN2. The molecule has 1 aliphatic heterocycles. The van der Waals surface area contributed by atoms with Gasteiger partial charge >= 0.3 is 0 Å². The van der Waals surface area contributed by atoms with E-state index in [1.165, 1.54) is 31.5 Å². The molecule has 1 aromatic heterocycles. The average Bonchev–Trinajstić information content (AvgIpc) is 2.81. The van der Waals surface area contributed by atoms with Crippen LogP contribution in [0.2, 0.25) is 0 Å². The summed E-state index contributed by atoms with van der Waals surface area (Å²) in [5, 5.41) is 3.52. The molecule has 1 aromatic rings. The molecule has 2 aliphatic rings. The van der Waals surface area contributed by atoms with Gasteiger partial charge in [0, 0.05) is 18.8 Å². The predicted molar refractivity (Wildman–Crippen MR) is 65.6 cm³/mol. The third-order valence-electron chi connectivity index (χ3n) is 4.23. The van der Waals surface area contributed by atoms with E-state index in [9.17, 15) is 0 Å². The Labute approximate surface area is 97.3 Å². The summed E-state index contributed by atoms with van der Waals surface area (Å²) >= 11 is 0. The number of aromatic nitrogens is 2. The van der Waals surface area contributed by atoms with Crippen LogP contribution in [0.25, 0.3) is 0 Å². The van der Waals surface area contributed by atoms with E-state index in [1.54, 1.807) is 0 Å². The van der Waals surface area contributed by atoms with Crippen molar-refractivity contribution in [1.29, 1.82) is 0 Å². The summed E-state index contributed by atoms with van der Waals surface area (Å²) in [4.78, 5) is 4.52. The van der Waals surface area contributed by atoms with E-state index in [4.69, 9.17) is 0 Å². The largest absolute Gasteiger partial charge is 0.355 e. The van der Waals surface area contributed by atoms with Gasteiger partial charge in [-0.25, -0.2) is 4.98 Å². The predicted octanol–water partition coefficient (Wildman–Crippen LogP) is 2.85. The number of nitrogens with one attached hydrogen (secondary N) is 1. The standard InChI is InChI=1S/C13H21N3/c1-9(2)12-7-15-13-14-6-10-4-3-5-11(10)8-16(12)13/h7,9-11H,3-6,8H2,1-2H3,(H,14,15).